The minimum atomic E-state index is 0.527. The van der Waals surface area contributed by atoms with Gasteiger partial charge in [-0.2, -0.15) is 0 Å². The molecule has 90 valence electrons. The van der Waals surface area contributed by atoms with Gasteiger partial charge in [-0.25, -0.2) is 0 Å². The van der Waals surface area contributed by atoms with Crippen LogP contribution < -0.4 is 5.32 Å². The number of ether oxygens (including phenoxy) is 1. The summed E-state index contributed by atoms with van der Waals surface area (Å²) >= 11 is 5.74. The molecule has 0 aliphatic carbocycles. The van der Waals surface area contributed by atoms with Gasteiger partial charge in [0, 0.05) is 12.5 Å². The zero-order valence-corrected chi connectivity index (χ0v) is 10.6. The Bertz CT molecular complexity index is 149. The molecule has 2 atom stereocenters. The Morgan fingerprint density at radius 3 is 3.00 bits per heavy atom. The van der Waals surface area contributed by atoms with Crippen LogP contribution in [0.4, 0.5) is 0 Å². The Kier molecular flexibility index (Phi) is 7.41. The molecule has 15 heavy (non-hydrogen) atoms. The summed E-state index contributed by atoms with van der Waals surface area (Å²) in [6.07, 6.45) is 6.67. The van der Waals surface area contributed by atoms with E-state index < -0.39 is 0 Å². The van der Waals surface area contributed by atoms with Gasteiger partial charge in [0.25, 0.3) is 0 Å². The molecular formula is C12H24ClNO. The molecule has 0 bridgehead atoms. The maximum atomic E-state index is 5.74. The molecule has 0 aromatic rings. The van der Waals surface area contributed by atoms with E-state index in [0.29, 0.717) is 12.0 Å². The van der Waals surface area contributed by atoms with Crippen LogP contribution in [0.3, 0.4) is 0 Å². The van der Waals surface area contributed by atoms with Crippen molar-refractivity contribution in [3.63, 3.8) is 0 Å². The van der Waals surface area contributed by atoms with E-state index in [1.807, 2.05) is 0 Å². The number of nitrogens with one attached hydrogen (secondary N) is 1. The molecule has 1 N–H and O–H groups in total. The number of hydrogen-bond acceptors (Lipinski definition) is 2. The molecule has 2 unspecified atom stereocenters. The Morgan fingerprint density at radius 1 is 1.47 bits per heavy atom. The van der Waals surface area contributed by atoms with Crippen molar-refractivity contribution in [3.05, 3.63) is 0 Å². The normalized spacial score (nSPS) is 23.2. The van der Waals surface area contributed by atoms with Crippen LogP contribution in [-0.4, -0.2) is 31.7 Å². The van der Waals surface area contributed by atoms with Crippen LogP contribution in [-0.2, 0) is 4.74 Å². The first-order valence-electron chi connectivity index (χ1n) is 6.21. The summed E-state index contributed by atoms with van der Waals surface area (Å²) in [5.74, 6) is 1.45. The van der Waals surface area contributed by atoms with Crippen molar-refractivity contribution in [2.24, 2.45) is 5.92 Å². The lowest BCUT2D eigenvalue weighted by Crippen LogP contribution is -2.21. The minimum Gasteiger partial charge on any atom is -0.378 e. The molecule has 1 rings (SSSR count). The van der Waals surface area contributed by atoms with Crippen LogP contribution >= 0.6 is 11.6 Å². The standard InChI is InChI=1S/C12H24ClNO/c1-11(10-13)4-2-7-14-8-6-12-5-3-9-15-12/h11-12,14H,2-10H2,1H3. The van der Waals surface area contributed by atoms with Crippen LogP contribution in [0.1, 0.15) is 39.0 Å². The van der Waals surface area contributed by atoms with Gasteiger partial charge in [0.1, 0.15) is 0 Å². The molecule has 1 heterocycles. The number of hydrogen-bond donors (Lipinski definition) is 1. The maximum absolute atomic E-state index is 5.74. The fraction of sp³-hybridized carbons (Fsp3) is 1.00. The van der Waals surface area contributed by atoms with Crippen molar-refractivity contribution in [2.45, 2.75) is 45.1 Å². The van der Waals surface area contributed by atoms with Gasteiger partial charge in [-0.3, -0.25) is 0 Å². The average Bonchev–Trinajstić information content (AvgIpc) is 2.75. The highest BCUT2D eigenvalue weighted by molar-refractivity contribution is 6.18. The summed E-state index contributed by atoms with van der Waals surface area (Å²) in [6.45, 7) is 5.39. The first kappa shape index (κ1) is 13.3. The number of halogens is 1. The molecule has 0 amide bonds. The number of rotatable bonds is 8. The molecule has 0 radical (unpaired) electrons. The fourth-order valence-corrected chi connectivity index (χ4v) is 2.07. The van der Waals surface area contributed by atoms with Crippen LogP contribution in [0.15, 0.2) is 0 Å². The van der Waals surface area contributed by atoms with Crippen molar-refractivity contribution >= 4 is 11.6 Å². The van der Waals surface area contributed by atoms with Gasteiger partial charge in [0.15, 0.2) is 0 Å². The van der Waals surface area contributed by atoms with Crippen molar-refractivity contribution < 1.29 is 4.74 Å². The molecular weight excluding hydrogens is 210 g/mol. The van der Waals surface area contributed by atoms with Crippen LogP contribution in [0.25, 0.3) is 0 Å². The molecule has 0 aromatic heterocycles. The molecule has 0 aromatic carbocycles. The first-order valence-corrected chi connectivity index (χ1v) is 6.74. The smallest absolute Gasteiger partial charge is 0.0588 e. The van der Waals surface area contributed by atoms with Gasteiger partial charge in [-0.1, -0.05) is 6.92 Å². The van der Waals surface area contributed by atoms with Crippen molar-refractivity contribution in [1.29, 1.82) is 0 Å². The van der Waals surface area contributed by atoms with E-state index >= 15 is 0 Å². The van der Waals surface area contributed by atoms with E-state index in [-0.39, 0.29) is 0 Å². The SMILES string of the molecule is CC(CCl)CCCNCCC1CCCO1. The van der Waals surface area contributed by atoms with Crippen molar-refractivity contribution in [1.82, 2.24) is 5.32 Å². The molecule has 2 nitrogen and oxygen atoms in total. The predicted molar refractivity (Wildman–Crippen MR) is 65.6 cm³/mol. The zero-order chi connectivity index (χ0) is 10.9. The van der Waals surface area contributed by atoms with E-state index in [1.165, 1.54) is 32.1 Å². The van der Waals surface area contributed by atoms with Crippen LogP contribution in [0.2, 0.25) is 0 Å². The molecule has 1 aliphatic heterocycles. The zero-order valence-electron chi connectivity index (χ0n) is 9.80. The predicted octanol–water partition coefficient (Wildman–Crippen LogP) is 2.80. The van der Waals surface area contributed by atoms with Gasteiger partial charge in [-0.15, -0.1) is 11.6 Å². The lowest BCUT2D eigenvalue weighted by molar-refractivity contribution is 0.104. The second-order valence-corrected chi connectivity index (χ2v) is 4.88. The third-order valence-corrected chi connectivity index (χ3v) is 3.51. The topological polar surface area (TPSA) is 21.3 Å². The van der Waals surface area contributed by atoms with Gasteiger partial charge in [0.05, 0.1) is 6.10 Å². The summed E-state index contributed by atoms with van der Waals surface area (Å²) in [6, 6.07) is 0. The summed E-state index contributed by atoms with van der Waals surface area (Å²) in [5.41, 5.74) is 0. The summed E-state index contributed by atoms with van der Waals surface area (Å²) in [5, 5.41) is 3.47. The second-order valence-electron chi connectivity index (χ2n) is 4.58. The second kappa shape index (κ2) is 8.37. The number of alkyl halides is 1. The van der Waals surface area contributed by atoms with Gasteiger partial charge in [0.2, 0.25) is 0 Å². The highest BCUT2D eigenvalue weighted by Crippen LogP contribution is 2.14. The van der Waals surface area contributed by atoms with Crippen LogP contribution in [0, 0.1) is 5.92 Å². The molecule has 0 spiro atoms. The first-order chi connectivity index (χ1) is 7.33. The van der Waals surface area contributed by atoms with Gasteiger partial charge >= 0.3 is 0 Å². The highest BCUT2D eigenvalue weighted by Gasteiger charge is 2.14. The molecule has 1 aliphatic rings. The van der Waals surface area contributed by atoms with E-state index in [9.17, 15) is 0 Å². The third-order valence-electron chi connectivity index (χ3n) is 2.98. The van der Waals surface area contributed by atoms with E-state index in [4.69, 9.17) is 16.3 Å². The minimum absolute atomic E-state index is 0.527. The molecule has 1 saturated heterocycles. The quantitative estimate of drug-likeness (QED) is 0.514. The Balaban J connectivity index is 1.80. The van der Waals surface area contributed by atoms with Crippen LogP contribution in [0.5, 0.6) is 0 Å². The summed E-state index contributed by atoms with van der Waals surface area (Å²) in [7, 11) is 0. The van der Waals surface area contributed by atoms with Crippen molar-refractivity contribution in [3.8, 4) is 0 Å². The Hall–Kier alpha value is 0.210. The monoisotopic (exact) mass is 233 g/mol. The van der Waals surface area contributed by atoms with E-state index in [2.05, 4.69) is 12.2 Å². The lowest BCUT2D eigenvalue weighted by Gasteiger charge is -2.11. The van der Waals surface area contributed by atoms with Crippen molar-refractivity contribution in [2.75, 3.05) is 25.6 Å². The lowest BCUT2D eigenvalue weighted by atomic mass is 10.1. The Labute approximate surface area is 98.7 Å². The highest BCUT2D eigenvalue weighted by atomic mass is 35.5. The van der Waals surface area contributed by atoms with Gasteiger partial charge < -0.3 is 10.1 Å². The largest absolute Gasteiger partial charge is 0.378 e. The third kappa shape index (κ3) is 6.39. The van der Waals surface area contributed by atoms with E-state index in [0.717, 1.165) is 25.6 Å². The summed E-state index contributed by atoms with van der Waals surface area (Å²) in [4.78, 5) is 0. The molecule has 1 fully saturated rings. The molecule has 3 heteroatoms. The maximum Gasteiger partial charge on any atom is 0.0588 e. The molecule has 0 saturated carbocycles. The van der Waals surface area contributed by atoms with E-state index in [1.54, 1.807) is 0 Å². The Morgan fingerprint density at radius 2 is 2.33 bits per heavy atom. The summed E-state index contributed by atoms with van der Waals surface area (Å²) < 4.78 is 5.56. The fourth-order valence-electron chi connectivity index (χ4n) is 1.91. The average molecular weight is 234 g/mol. The van der Waals surface area contributed by atoms with Gasteiger partial charge in [-0.05, 0) is 51.1 Å².